The number of allylic oxidation sites excluding steroid dienone is 1. The molecule has 0 aliphatic carbocycles. The molecule has 0 radical (unpaired) electrons. The zero-order valence-electron chi connectivity index (χ0n) is 18.7. The summed E-state index contributed by atoms with van der Waals surface area (Å²) in [6.07, 6.45) is 1.73. The van der Waals surface area contributed by atoms with Gasteiger partial charge in [0.05, 0.1) is 10.7 Å². The quantitative estimate of drug-likeness (QED) is 0.201. The fourth-order valence-corrected chi connectivity index (χ4v) is 3.83. The van der Waals surface area contributed by atoms with Gasteiger partial charge in [0.15, 0.2) is 11.0 Å². The number of anilines is 1. The highest BCUT2D eigenvalue weighted by molar-refractivity contribution is 7.99. The number of hydrogen-bond acceptors (Lipinski definition) is 7. The van der Waals surface area contributed by atoms with Crippen molar-refractivity contribution in [3.8, 4) is 5.75 Å². The monoisotopic (exact) mass is 467 g/mol. The number of hydrogen-bond donors (Lipinski definition) is 1. The molecule has 1 amide bonds. The number of benzene rings is 2. The van der Waals surface area contributed by atoms with Crippen LogP contribution in [0, 0.1) is 30.9 Å². The molecule has 3 aromatic rings. The zero-order chi connectivity index (χ0) is 24.0. The molecule has 9 nitrogen and oxygen atoms in total. The van der Waals surface area contributed by atoms with Gasteiger partial charge in [-0.1, -0.05) is 30.0 Å². The molecule has 0 aliphatic heterocycles. The number of amides is 1. The van der Waals surface area contributed by atoms with E-state index in [1.807, 2.05) is 36.6 Å². The Hall–Kier alpha value is -3.66. The van der Waals surface area contributed by atoms with E-state index >= 15 is 0 Å². The van der Waals surface area contributed by atoms with Crippen molar-refractivity contribution in [2.75, 3.05) is 11.1 Å². The third-order valence-electron chi connectivity index (χ3n) is 4.83. The molecule has 0 fully saturated rings. The van der Waals surface area contributed by atoms with Gasteiger partial charge >= 0.3 is 0 Å². The number of nitrogens with zero attached hydrogens (tertiary/aromatic N) is 4. The summed E-state index contributed by atoms with van der Waals surface area (Å²) in [6, 6.07) is 10.3. The molecule has 0 unspecified atom stereocenters. The molecule has 172 valence electrons. The maximum Gasteiger partial charge on any atom is 0.269 e. The van der Waals surface area contributed by atoms with Crippen molar-refractivity contribution in [3.63, 3.8) is 0 Å². The lowest BCUT2D eigenvalue weighted by Gasteiger charge is -2.11. The Morgan fingerprint density at radius 3 is 2.70 bits per heavy atom. The number of nitrogens with one attached hydrogen (secondary N) is 1. The van der Waals surface area contributed by atoms with Crippen LogP contribution in [0.25, 0.3) is 0 Å². The summed E-state index contributed by atoms with van der Waals surface area (Å²) in [5, 5.41) is 22.7. The highest BCUT2D eigenvalue weighted by Gasteiger charge is 2.16. The van der Waals surface area contributed by atoms with Crippen molar-refractivity contribution < 1.29 is 14.5 Å². The van der Waals surface area contributed by atoms with Gasteiger partial charge in [0.25, 0.3) is 5.69 Å². The Balaban J connectivity index is 1.64. The molecule has 0 spiro atoms. The van der Waals surface area contributed by atoms with E-state index in [9.17, 15) is 14.9 Å². The molecule has 10 heteroatoms. The topological polar surface area (TPSA) is 112 Å². The predicted octanol–water partition coefficient (Wildman–Crippen LogP) is 4.61. The Morgan fingerprint density at radius 1 is 1.21 bits per heavy atom. The highest BCUT2D eigenvalue weighted by atomic mass is 32.2. The molecule has 0 saturated carbocycles. The van der Waals surface area contributed by atoms with Crippen LogP contribution >= 0.6 is 11.8 Å². The van der Waals surface area contributed by atoms with Crippen LogP contribution in [0.1, 0.15) is 22.5 Å². The predicted molar refractivity (Wildman–Crippen MR) is 128 cm³/mol. The van der Waals surface area contributed by atoms with E-state index in [0.29, 0.717) is 28.8 Å². The lowest BCUT2D eigenvalue weighted by atomic mass is 10.1. The lowest BCUT2D eigenvalue weighted by molar-refractivity contribution is -0.384. The average Bonchev–Trinajstić information content (AvgIpc) is 3.16. The largest absolute Gasteiger partial charge is 0.485 e. The van der Waals surface area contributed by atoms with Gasteiger partial charge in [-0.15, -0.1) is 16.8 Å². The van der Waals surface area contributed by atoms with Gasteiger partial charge in [0, 0.05) is 24.4 Å². The highest BCUT2D eigenvalue weighted by Crippen LogP contribution is 2.24. The summed E-state index contributed by atoms with van der Waals surface area (Å²) in [5.74, 6) is 1.27. The number of ether oxygens (including phenoxy) is 1. The Morgan fingerprint density at radius 2 is 2.00 bits per heavy atom. The third-order valence-corrected chi connectivity index (χ3v) is 5.80. The van der Waals surface area contributed by atoms with E-state index in [1.165, 1.54) is 30.0 Å². The minimum atomic E-state index is -0.470. The first-order valence-corrected chi connectivity index (χ1v) is 11.2. The number of non-ortho nitro benzene ring substituents is 1. The van der Waals surface area contributed by atoms with Gasteiger partial charge < -0.3 is 10.1 Å². The average molecular weight is 468 g/mol. The molecule has 0 bridgehead atoms. The number of carbonyl (C=O) groups is 1. The maximum absolute atomic E-state index is 12.4. The molecule has 33 heavy (non-hydrogen) atoms. The number of aryl methyl sites for hydroxylation is 3. The van der Waals surface area contributed by atoms with Crippen molar-refractivity contribution in [1.29, 1.82) is 0 Å². The van der Waals surface area contributed by atoms with Crippen LogP contribution < -0.4 is 10.1 Å². The first-order valence-electron chi connectivity index (χ1n) is 10.2. The summed E-state index contributed by atoms with van der Waals surface area (Å²) >= 11 is 1.24. The standard InChI is InChI=1S/C23H25N5O4S/c1-5-10-27-21(13-32-20-11-15(2)6-7-16(20)3)25-26-23(27)33-14-22(29)24-19-9-8-18(28(30)31)12-17(19)4/h5-9,11-12H,1,10,13-14H2,2-4H3,(H,24,29). The molecule has 0 aliphatic rings. The molecule has 1 aromatic heterocycles. The zero-order valence-corrected chi connectivity index (χ0v) is 19.5. The van der Waals surface area contributed by atoms with Crippen LogP contribution in [-0.2, 0) is 17.9 Å². The second-order valence-electron chi connectivity index (χ2n) is 7.45. The fraction of sp³-hybridized carbons (Fsp3) is 0.261. The second-order valence-corrected chi connectivity index (χ2v) is 8.39. The molecular formula is C23H25N5O4S. The van der Waals surface area contributed by atoms with Crippen molar-refractivity contribution in [2.24, 2.45) is 0 Å². The number of rotatable bonds is 10. The van der Waals surface area contributed by atoms with Crippen molar-refractivity contribution in [3.05, 3.63) is 81.7 Å². The first-order chi connectivity index (χ1) is 15.8. The maximum atomic E-state index is 12.4. The normalized spacial score (nSPS) is 10.6. The van der Waals surface area contributed by atoms with Gasteiger partial charge in [-0.3, -0.25) is 19.5 Å². The second kappa shape index (κ2) is 10.8. The van der Waals surface area contributed by atoms with Gasteiger partial charge in [0.2, 0.25) is 5.91 Å². The van der Waals surface area contributed by atoms with E-state index in [0.717, 1.165) is 16.9 Å². The Bertz CT molecular complexity index is 1190. The molecule has 0 saturated heterocycles. The molecular weight excluding hydrogens is 442 g/mol. The minimum absolute atomic E-state index is 0.0204. The molecule has 1 heterocycles. The summed E-state index contributed by atoms with van der Waals surface area (Å²) in [6.45, 7) is 10.2. The molecule has 3 rings (SSSR count). The Kier molecular flexibility index (Phi) is 7.83. The summed E-state index contributed by atoms with van der Waals surface area (Å²) in [4.78, 5) is 22.9. The SMILES string of the molecule is C=CCn1c(COc2cc(C)ccc2C)nnc1SCC(=O)Nc1ccc([N+](=O)[O-])cc1C. The van der Waals surface area contributed by atoms with E-state index < -0.39 is 4.92 Å². The van der Waals surface area contributed by atoms with Crippen LogP contribution in [0.2, 0.25) is 0 Å². The number of aromatic nitrogens is 3. The van der Waals surface area contributed by atoms with Crippen LogP contribution in [0.15, 0.2) is 54.2 Å². The summed E-state index contributed by atoms with van der Waals surface area (Å²) in [5.41, 5.74) is 3.26. The number of carbonyl (C=O) groups excluding carboxylic acids is 1. The van der Waals surface area contributed by atoms with E-state index in [1.54, 1.807) is 13.0 Å². The molecule has 0 atom stereocenters. The lowest BCUT2D eigenvalue weighted by Crippen LogP contribution is -2.15. The van der Waals surface area contributed by atoms with Crippen LogP contribution in [-0.4, -0.2) is 31.3 Å². The minimum Gasteiger partial charge on any atom is -0.485 e. The van der Waals surface area contributed by atoms with E-state index in [-0.39, 0.29) is 24.0 Å². The van der Waals surface area contributed by atoms with Crippen molar-refractivity contribution in [1.82, 2.24) is 14.8 Å². The van der Waals surface area contributed by atoms with Crippen molar-refractivity contribution in [2.45, 2.75) is 39.1 Å². The summed E-state index contributed by atoms with van der Waals surface area (Å²) in [7, 11) is 0. The Labute approximate surface area is 196 Å². The third kappa shape index (κ3) is 6.19. The molecule has 2 aromatic carbocycles. The number of nitro groups is 1. The van der Waals surface area contributed by atoms with E-state index in [4.69, 9.17) is 4.74 Å². The van der Waals surface area contributed by atoms with Crippen LogP contribution in [0.5, 0.6) is 5.75 Å². The van der Waals surface area contributed by atoms with Gasteiger partial charge in [-0.2, -0.15) is 0 Å². The fourth-order valence-electron chi connectivity index (χ4n) is 3.07. The van der Waals surface area contributed by atoms with Gasteiger partial charge in [-0.05, 0) is 49.6 Å². The molecule has 1 N–H and O–H groups in total. The smallest absolute Gasteiger partial charge is 0.269 e. The van der Waals surface area contributed by atoms with Crippen LogP contribution in [0.4, 0.5) is 11.4 Å². The number of thioether (sulfide) groups is 1. The van der Waals surface area contributed by atoms with Gasteiger partial charge in [0.1, 0.15) is 12.4 Å². The van der Waals surface area contributed by atoms with Crippen molar-refractivity contribution >= 4 is 29.0 Å². The summed E-state index contributed by atoms with van der Waals surface area (Å²) < 4.78 is 7.81. The van der Waals surface area contributed by atoms with Crippen LogP contribution in [0.3, 0.4) is 0 Å². The number of nitro benzene ring substituents is 1. The first kappa shape index (κ1) is 24.0. The van der Waals surface area contributed by atoms with E-state index in [2.05, 4.69) is 22.1 Å². The van der Waals surface area contributed by atoms with Gasteiger partial charge in [-0.25, -0.2) is 0 Å².